The van der Waals surface area contributed by atoms with Gasteiger partial charge in [-0.15, -0.1) is 0 Å². The van der Waals surface area contributed by atoms with Crippen LogP contribution in [0.2, 0.25) is 0 Å². The fraction of sp³-hybridized carbons (Fsp3) is 0.867. The van der Waals surface area contributed by atoms with E-state index in [-0.39, 0.29) is 0 Å². The highest BCUT2D eigenvalue weighted by Gasteiger charge is 2.15. The summed E-state index contributed by atoms with van der Waals surface area (Å²) < 4.78 is 10.5. The Hall–Kier alpha value is -1.12. The fourth-order valence-electron chi connectivity index (χ4n) is 2.05. The van der Waals surface area contributed by atoms with Crippen LogP contribution in [0.4, 0.5) is 4.79 Å². The van der Waals surface area contributed by atoms with Gasteiger partial charge in [-0.2, -0.15) is 0 Å². The summed E-state index contributed by atoms with van der Waals surface area (Å²) in [6, 6.07) is 0. The van der Waals surface area contributed by atoms with Gasteiger partial charge in [0.1, 0.15) is 5.60 Å². The number of hydrogen-bond acceptors (Lipinski definition) is 5. The van der Waals surface area contributed by atoms with Crippen molar-refractivity contribution in [3.05, 3.63) is 0 Å². The van der Waals surface area contributed by atoms with Crippen molar-refractivity contribution in [2.45, 2.75) is 32.8 Å². The van der Waals surface area contributed by atoms with Crippen molar-refractivity contribution in [3.8, 4) is 0 Å². The Labute approximate surface area is 144 Å². The van der Waals surface area contributed by atoms with Crippen LogP contribution in [-0.4, -0.2) is 74.2 Å². The van der Waals surface area contributed by atoms with Gasteiger partial charge in [0.05, 0.1) is 13.2 Å². The van der Waals surface area contributed by atoms with Crippen molar-refractivity contribution < 1.29 is 14.3 Å². The highest BCUT2D eigenvalue weighted by atomic mass is 32.1. The molecule has 0 atom stereocenters. The van der Waals surface area contributed by atoms with Gasteiger partial charge in [0.15, 0.2) is 5.11 Å². The molecule has 1 rings (SSSR count). The van der Waals surface area contributed by atoms with E-state index in [1.165, 1.54) is 0 Å². The first-order valence-electron chi connectivity index (χ1n) is 8.15. The van der Waals surface area contributed by atoms with Crippen LogP contribution in [0.5, 0.6) is 0 Å². The van der Waals surface area contributed by atoms with E-state index >= 15 is 0 Å². The van der Waals surface area contributed by atoms with Gasteiger partial charge >= 0.3 is 6.09 Å². The summed E-state index contributed by atoms with van der Waals surface area (Å²) in [5, 5.41) is 9.51. The number of hydrogen-bond donors (Lipinski definition) is 3. The third-order valence-electron chi connectivity index (χ3n) is 3.12. The first-order chi connectivity index (χ1) is 10.9. The third-order valence-corrected chi connectivity index (χ3v) is 3.41. The molecule has 0 saturated carbocycles. The summed E-state index contributed by atoms with van der Waals surface area (Å²) in [6.45, 7) is 12.1. The second kappa shape index (κ2) is 10.6. The van der Waals surface area contributed by atoms with Gasteiger partial charge in [-0.3, -0.25) is 4.90 Å². The van der Waals surface area contributed by atoms with Gasteiger partial charge in [0.2, 0.25) is 0 Å². The molecule has 1 amide bonds. The van der Waals surface area contributed by atoms with Gasteiger partial charge in [-0.1, -0.05) is 0 Å². The number of morpholine rings is 1. The van der Waals surface area contributed by atoms with E-state index in [1.54, 1.807) is 0 Å². The molecule has 1 saturated heterocycles. The molecule has 0 aromatic heterocycles. The zero-order chi connectivity index (χ0) is 17.1. The third kappa shape index (κ3) is 11.1. The molecule has 0 radical (unpaired) electrons. The molecule has 7 nitrogen and oxygen atoms in total. The average molecular weight is 346 g/mol. The summed E-state index contributed by atoms with van der Waals surface area (Å²) in [4.78, 5) is 13.8. The SMILES string of the molecule is CC(C)(C)OC(=O)NCCNC(=S)NCCCN1CCOCC1. The highest BCUT2D eigenvalue weighted by Crippen LogP contribution is 2.05. The van der Waals surface area contributed by atoms with Gasteiger partial charge in [0, 0.05) is 32.7 Å². The Bertz CT molecular complexity index is 368. The first kappa shape index (κ1) is 19.9. The van der Waals surface area contributed by atoms with Crippen LogP contribution in [-0.2, 0) is 9.47 Å². The maximum Gasteiger partial charge on any atom is 0.407 e. The Morgan fingerprint density at radius 1 is 1.13 bits per heavy atom. The molecular formula is C15H30N4O3S. The molecule has 0 bridgehead atoms. The number of ether oxygens (including phenoxy) is 2. The van der Waals surface area contributed by atoms with Crippen molar-refractivity contribution in [2.24, 2.45) is 0 Å². The van der Waals surface area contributed by atoms with Crippen molar-refractivity contribution in [2.75, 3.05) is 52.5 Å². The van der Waals surface area contributed by atoms with Crippen LogP contribution in [0, 0.1) is 0 Å². The zero-order valence-electron chi connectivity index (χ0n) is 14.4. The lowest BCUT2D eigenvalue weighted by atomic mass is 10.2. The molecule has 134 valence electrons. The number of nitrogens with zero attached hydrogens (tertiary/aromatic N) is 1. The molecule has 1 heterocycles. The van der Waals surface area contributed by atoms with E-state index in [1.807, 2.05) is 20.8 Å². The van der Waals surface area contributed by atoms with Gasteiger partial charge in [-0.25, -0.2) is 4.79 Å². The summed E-state index contributed by atoms with van der Waals surface area (Å²) in [5.41, 5.74) is -0.477. The number of nitrogens with one attached hydrogen (secondary N) is 3. The molecule has 0 unspecified atom stereocenters. The molecule has 0 spiro atoms. The molecule has 0 aliphatic carbocycles. The number of rotatable bonds is 7. The monoisotopic (exact) mass is 346 g/mol. The minimum absolute atomic E-state index is 0.413. The maximum absolute atomic E-state index is 11.4. The predicted octanol–water partition coefficient (Wildman–Crippen LogP) is 0.698. The lowest BCUT2D eigenvalue weighted by Gasteiger charge is -2.26. The number of amides is 1. The van der Waals surface area contributed by atoms with E-state index in [9.17, 15) is 4.79 Å². The average Bonchev–Trinajstić information content (AvgIpc) is 2.47. The van der Waals surface area contributed by atoms with Crippen LogP contribution in [0.15, 0.2) is 0 Å². The van der Waals surface area contributed by atoms with Crippen molar-refractivity contribution in [1.82, 2.24) is 20.9 Å². The molecule has 8 heteroatoms. The van der Waals surface area contributed by atoms with E-state index in [0.29, 0.717) is 18.2 Å². The molecule has 0 aromatic carbocycles. The Balaban J connectivity index is 1.94. The molecule has 1 aliphatic rings. The lowest BCUT2D eigenvalue weighted by Crippen LogP contribution is -2.42. The van der Waals surface area contributed by atoms with Crippen LogP contribution >= 0.6 is 12.2 Å². The van der Waals surface area contributed by atoms with Crippen LogP contribution in [0.1, 0.15) is 27.2 Å². The Morgan fingerprint density at radius 2 is 1.74 bits per heavy atom. The first-order valence-corrected chi connectivity index (χ1v) is 8.56. The highest BCUT2D eigenvalue weighted by molar-refractivity contribution is 7.80. The van der Waals surface area contributed by atoms with Gasteiger partial charge in [-0.05, 0) is 46.0 Å². The quantitative estimate of drug-likeness (QED) is 0.463. The lowest BCUT2D eigenvalue weighted by molar-refractivity contribution is 0.0376. The van der Waals surface area contributed by atoms with Gasteiger partial charge < -0.3 is 25.4 Å². The normalized spacial score (nSPS) is 15.8. The summed E-state index contributed by atoms with van der Waals surface area (Å²) in [5.74, 6) is 0. The molecule has 23 heavy (non-hydrogen) atoms. The number of carbonyl (C=O) groups is 1. The predicted molar refractivity (Wildman–Crippen MR) is 94.7 cm³/mol. The Kier molecular flexibility index (Phi) is 9.20. The standard InChI is InChI=1S/C15H30N4O3S/c1-15(2,3)22-14(20)18-7-6-17-13(23)16-5-4-8-19-9-11-21-12-10-19/h4-12H2,1-3H3,(H,18,20)(H2,16,17,23). The van der Waals surface area contributed by atoms with Crippen LogP contribution in [0.25, 0.3) is 0 Å². The van der Waals surface area contributed by atoms with E-state index < -0.39 is 11.7 Å². The van der Waals surface area contributed by atoms with Crippen LogP contribution < -0.4 is 16.0 Å². The second-order valence-electron chi connectivity index (χ2n) is 6.42. The minimum atomic E-state index is -0.477. The van der Waals surface area contributed by atoms with E-state index in [0.717, 1.165) is 45.8 Å². The van der Waals surface area contributed by atoms with E-state index in [2.05, 4.69) is 20.9 Å². The smallest absolute Gasteiger partial charge is 0.407 e. The van der Waals surface area contributed by atoms with Crippen molar-refractivity contribution in [1.29, 1.82) is 0 Å². The molecule has 1 fully saturated rings. The topological polar surface area (TPSA) is 74.9 Å². The molecule has 3 N–H and O–H groups in total. The zero-order valence-corrected chi connectivity index (χ0v) is 15.3. The number of thiocarbonyl (C=S) groups is 1. The number of alkyl carbamates (subject to hydrolysis) is 1. The van der Waals surface area contributed by atoms with Crippen LogP contribution in [0.3, 0.4) is 0 Å². The summed E-state index contributed by atoms with van der Waals surface area (Å²) in [7, 11) is 0. The fourth-order valence-corrected chi connectivity index (χ4v) is 2.25. The summed E-state index contributed by atoms with van der Waals surface area (Å²) >= 11 is 5.19. The van der Waals surface area contributed by atoms with Crippen molar-refractivity contribution >= 4 is 23.4 Å². The molecular weight excluding hydrogens is 316 g/mol. The summed E-state index contributed by atoms with van der Waals surface area (Å²) in [6.07, 6.45) is 0.626. The van der Waals surface area contributed by atoms with Gasteiger partial charge in [0.25, 0.3) is 0 Å². The Morgan fingerprint density at radius 3 is 2.39 bits per heavy atom. The largest absolute Gasteiger partial charge is 0.444 e. The van der Waals surface area contributed by atoms with E-state index in [4.69, 9.17) is 21.7 Å². The molecule has 0 aromatic rings. The minimum Gasteiger partial charge on any atom is -0.444 e. The number of carbonyl (C=O) groups excluding carboxylic acids is 1. The maximum atomic E-state index is 11.4. The second-order valence-corrected chi connectivity index (χ2v) is 6.83. The molecule has 1 aliphatic heterocycles. The van der Waals surface area contributed by atoms with Crippen molar-refractivity contribution in [3.63, 3.8) is 0 Å².